The largest absolute Gasteiger partial charge is 0.384 e. The zero-order valence-electron chi connectivity index (χ0n) is 12.9. The van der Waals surface area contributed by atoms with Crippen LogP contribution in [0.3, 0.4) is 0 Å². The summed E-state index contributed by atoms with van der Waals surface area (Å²) in [6.07, 6.45) is 6.10. The average Bonchev–Trinajstić information content (AvgIpc) is 2.48. The second-order valence-electron chi connectivity index (χ2n) is 6.51. The Kier molecular flexibility index (Phi) is 5.11. The van der Waals surface area contributed by atoms with E-state index in [0.717, 1.165) is 41.6 Å². The van der Waals surface area contributed by atoms with Crippen LogP contribution in [0.2, 0.25) is 0 Å². The molecular formula is C18H24BrNO. The van der Waals surface area contributed by atoms with Crippen molar-refractivity contribution in [1.82, 2.24) is 0 Å². The van der Waals surface area contributed by atoms with Crippen LogP contribution >= 0.6 is 15.9 Å². The van der Waals surface area contributed by atoms with Gasteiger partial charge in [-0.25, -0.2) is 0 Å². The summed E-state index contributed by atoms with van der Waals surface area (Å²) in [6.45, 7) is 4.02. The van der Waals surface area contributed by atoms with Crippen LogP contribution in [0, 0.1) is 22.7 Å². The lowest BCUT2D eigenvalue weighted by atomic mass is 9.60. The Balaban J connectivity index is 2.26. The Hall–Kier alpha value is -0.850. The number of benzene rings is 1. The predicted octanol–water partition coefficient (Wildman–Crippen LogP) is 5.16. The van der Waals surface area contributed by atoms with Gasteiger partial charge < -0.3 is 5.11 Å². The van der Waals surface area contributed by atoms with E-state index in [1.54, 1.807) is 6.92 Å². The smallest absolute Gasteiger partial charge is 0.105 e. The molecule has 1 fully saturated rings. The van der Waals surface area contributed by atoms with Crippen LogP contribution in [0.15, 0.2) is 28.7 Å². The van der Waals surface area contributed by atoms with E-state index in [1.807, 2.05) is 24.3 Å². The van der Waals surface area contributed by atoms with Crippen LogP contribution in [-0.4, -0.2) is 5.11 Å². The minimum Gasteiger partial charge on any atom is -0.384 e. The van der Waals surface area contributed by atoms with Gasteiger partial charge in [0.15, 0.2) is 0 Å². The maximum atomic E-state index is 11.2. The van der Waals surface area contributed by atoms with Gasteiger partial charge in [0.1, 0.15) is 5.60 Å². The lowest BCUT2D eigenvalue weighted by Crippen LogP contribution is -2.45. The van der Waals surface area contributed by atoms with Gasteiger partial charge in [-0.05, 0) is 56.2 Å². The number of nitrogens with zero attached hydrogens (tertiary/aromatic N) is 1. The third kappa shape index (κ3) is 3.17. The molecule has 0 radical (unpaired) electrons. The van der Waals surface area contributed by atoms with E-state index < -0.39 is 11.0 Å². The molecule has 0 heterocycles. The fourth-order valence-electron chi connectivity index (χ4n) is 3.64. The molecule has 1 aliphatic rings. The van der Waals surface area contributed by atoms with Crippen LogP contribution in [0.1, 0.15) is 57.9 Å². The number of halogens is 1. The molecular weight excluding hydrogens is 326 g/mol. The topological polar surface area (TPSA) is 44.0 Å². The molecule has 2 nitrogen and oxygen atoms in total. The molecule has 0 aromatic heterocycles. The van der Waals surface area contributed by atoms with Gasteiger partial charge in [0.05, 0.1) is 11.5 Å². The van der Waals surface area contributed by atoms with Crippen molar-refractivity contribution < 1.29 is 5.11 Å². The zero-order chi connectivity index (χ0) is 15.5. The van der Waals surface area contributed by atoms with E-state index in [0.29, 0.717) is 0 Å². The minimum absolute atomic E-state index is 0.669. The van der Waals surface area contributed by atoms with Crippen molar-refractivity contribution in [3.8, 4) is 6.07 Å². The van der Waals surface area contributed by atoms with Crippen molar-refractivity contribution in [3.05, 3.63) is 34.3 Å². The molecule has 1 aromatic carbocycles. The first kappa shape index (κ1) is 16.5. The molecule has 1 aliphatic carbocycles. The monoisotopic (exact) mass is 349 g/mol. The fourth-order valence-corrected chi connectivity index (χ4v) is 4.04. The van der Waals surface area contributed by atoms with E-state index in [9.17, 15) is 10.4 Å². The molecule has 0 bridgehead atoms. The maximum Gasteiger partial charge on any atom is 0.105 e. The molecule has 1 saturated carbocycles. The second kappa shape index (κ2) is 6.50. The van der Waals surface area contributed by atoms with Crippen LogP contribution < -0.4 is 0 Å². The van der Waals surface area contributed by atoms with Gasteiger partial charge in [-0.1, -0.05) is 47.8 Å². The highest BCUT2D eigenvalue weighted by atomic mass is 79.9. The molecule has 1 atom stereocenters. The average molecular weight is 350 g/mol. The Morgan fingerprint density at radius 3 is 2.62 bits per heavy atom. The third-order valence-electron chi connectivity index (χ3n) is 5.19. The van der Waals surface area contributed by atoms with Crippen LogP contribution in [0.4, 0.5) is 0 Å². The summed E-state index contributed by atoms with van der Waals surface area (Å²) in [6, 6.07) is 10.2. The lowest BCUT2D eigenvalue weighted by molar-refractivity contribution is -0.0701. The van der Waals surface area contributed by atoms with Crippen LogP contribution in [0.25, 0.3) is 0 Å². The molecule has 114 valence electrons. The summed E-state index contributed by atoms with van der Waals surface area (Å²) in [5.41, 5.74) is -0.951. The van der Waals surface area contributed by atoms with Gasteiger partial charge in [0.2, 0.25) is 0 Å². The molecule has 1 N–H and O–H groups in total. The molecule has 0 aliphatic heterocycles. The van der Waals surface area contributed by atoms with Crippen molar-refractivity contribution in [1.29, 1.82) is 5.26 Å². The number of hydrogen-bond donors (Lipinski definition) is 1. The molecule has 3 heteroatoms. The van der Waals surface area contributed by atoms with Crippen molar-refractivity contribution in [2.24, 2.45) is 11.3 Å². The summed E-state index contributed by atoms with van der Waals surface area (Å²) in [5.74, 6) is 0.717. The van der Waals surface area contributed by atoms with Crippen molar-refractivity contribution in [2.75, 3.05) is 0 Å². The predicted molar refractivity (Wildman–Crippen MR) is 88.6 cm³/mol. The van der Waals surface area contributed by atoms with E-state index in [-0.39, 0.29) is 0 Å². The Morgan fingerprint density at radius 2 is 2.10 bits per heavy atom. The van der Waals surface area contributed by atoms with Gasteiger partial charge in [-0.15, -0.1) is 0 Å². The highest BCUT2D eigenvalue weighted by Crippen LogP contribution is 2.51. The van der Waals surface area contributed by atoms with Gasteiger partial charge in [-0.3, -0.25) is 0 Å². The molecule has 1 unspecified atom stereocenters. The summed E-state index contributed by atoms with van der Waals surface area (Å²) in [7, 11) is 0. The number of aliphatic hydroxyl groups is 1. The normalized spacial score (nSPS) is 28.6. The lowest BCUT2D eigenvalue weighted by Gasteiger charge is -2.45. The minimum atomic E-state index is -1.11. The Morgan fingerprint density at radius 1 is 1.43 bits per heavy atom. The quantitative estimate of drug-likeness (QED) is 0.815. The molecule has 2 rings (SSSR count). The second-order valence-corrected chi connectivity index (χ2v) is 7.42. The summed E-state index contributed by atoms with van der Waals surface area (Å²) >= 11 is 3.45. The third-order valence-corrected chi connectivity index (χ3v) is 5.68. The van der Waals surface area contributed by atoms with E-state index in [1.165, 1.54) is 12.8 Å². The molecule has 0 saturated heterocycles. The maximum absolute atomic E-state index is 11.2. The van der Waals surface area contributed by atoms with Crippen LogP contribution in [-0.2, 0) is 5.60 Å². The summed E-state index contributed by atoms with van der Waals surface area (Å²) < 4.78 is 0.938. The van der Waals surface area contributed by atoms with Crippen LogP contribution in [0.5, 0.6) is 0 Å². The molecule has 21 heavy (non-hydrogen) atoms. The van der Waals surface area contributed by atoms with E-state index >= 15 is 0 Å². The first-order valence-corrected chi connectivity index (χ1v) is 8.64. The zero-order valence-corrected chi connectivity index (χ0v) is 14.5. The highest BCUT2D eigenvalue weighted by Gasteiger charge is 2.50. The van der Waals surface area contributed by atoms with E-state index in [4.69, 9.17) is 0 Å². The van der Waals surface area contributed by atoms with Gasteiger partial charge in [0, 0.05) is 4.47 Å². The first-order chi connectivity index (χ1) is 9.95. The van der Waals surface area contributed by atoms with Crippen molar-refractivity contribution >= 4 is 15.9 Å². The van der Waals surface area contributed by atoms with Crippen molar-refractivity contribution in [3.63, 3.8) is 0 Å². The summed E-state index contributed by atoms with van der Waals surface area (Å²) in [4.78, 5) is 0. The molecule has 1 aromatic rings. The SMILES string of the molecule is CCCC1CCC(C#N)(C(C)(O)c2cccc(Br)c2)CC1. The fraction of sp³-hybridized carbons (Fsp3) is 0.611. The molecule has 0 amide bonds. The number of hydrogen-bond acceptors (Lipinski definition) is 2. The molecule has 0 spiro atoms. The van der Waals surface area contributed by atoms with Gasteiger partial charge >= 0.3 is 0 Å². The first-order valence-electron chi connectivity index (χ1n) is 7.85. The summed E-state index contributed by atoms with van der Waals surface area (Å²) in [5, 5.41) is 21.0. The Bertz CT molecular complexity index is 524. The van der Waals surface area contributed by atoms with Gasteiger partial charge in [-0.2, -0.15) is 5.26 Å². The number of rotatable bonds is 4. The standard InChI is InChI=1S/C18H24BrNO/c1-3-5-14-8-10-18(13-20,11-9-14)17(2,21)15-6-4-7-16(19)12-15/h4,6-7,12,14,21H,3,5,8-11H2,1-2H3. The number of nitriles is 1. The van der Waals surface area contributed by atoms with Crippen molar-refractivity contribution in [2.45, 2.75) is 58.0 Å². The Labute approximate surface area is 136 Å². The van der Waals surface area contributed by atoms with E-state index in [2.05, 4.69) is 28.9 Å². The highest BCUT2D eigenvalue weighted by molar-refractivity contribution is 9.10. The van der Waals surface area contributed by atoms with Gasteiger partial charge in [0.25, 0.3) is 0 Å².